The molecule has 5 unspecified atom stereocenters. The Labute approximate surface area is 180 Å². The minimum atomic E-state index is -1.37. The molecule has 0 aliphatic carbocycles. The van der Waals surface area contributed by atoms with Crippen molar-refractivity contribution in [3.63, 3.8) is 0 Å². The monoisotopic (exact) mass is 446 g/mol. The van der Waals surface area contributed by atoms with Gasteiger partial charge in [0.15, 0.2) is 0 Å². The number of aliphatic hydroxyl groups excluding tert-OH is 1. The first-order valence-electron chi connectivity index (χ1n) is 9.96. The highest BCUT2D eigenvalue weighted by atomic mass is 16.4. The van der Waals surface area contributed by atoms with Crippen molar-refractivity contribution in [3.8, 4) is 0 Å². The third-order valence-electron chi connectivity index (χ3n) is 4.45. The molecule has 0 saturated heterocycles. The van der Waals surface area contributed by atoms with E-state index in [1.54, 1.807) is 0 Å². The van der Waals surface area contributed by atoms with E-state index in [1.165, 1.54) is 13.8 Å². The molecule has 0 fully saturated rings. The number of carboxylic acid groups (broad SMARTS) is 1. The molecule has 31 heavy (non-hydrogen) atoms. The van der Waals surface area contributed by atoms with Gasteiger partial charge in [-0.3, -0.25) is 19.2 Å². The van der Waals surface area contributed by atoms with Crippen molar-refractivity contribution in [3.05, 3.63) is 0 Å². The third kappa shape index (κ3) is 11.3. The van der Waals surface area contributed by atoms with Crippen LogP contribution in [0.15, 0.2) is 0 Å². The van der Waals surface area contributed by atoms with Crippen LogP contribution >= 0.6 is 0 Å². The van der Waals surface area contributed by atoms with Gasteiger partial charge in [0, 0.05) is 6.42 Å². The van der Waals surface area contributed by atoms with E-state index in [4.69, 9.17) is 17.2 Å². The molecule has 0 saturated carbocycles. The van der Waals surface area contributed by atoms with Crippen LogP contribution in [0.25, 0.3) is 0 Å². The molecule has 0 aliphatic heterocycles. The van der Waals surface area contributed by atoms with Crippen LogP contribution in [0.3, 0.4) is 0 Å². The van der Waals surface area contributed by atoms with Crippen molar-refractivity contribution in [1.82, 2.24) is 16.0 Å². The van der Waals surface area contributed by atoms with Gasteiger partial charge in [-0.05, 0) is 46.1 Å². The summed E-state index contributed by atoms with van der Waals surface area (Å²) < 4.78 is 0. The van der Waals surface area contributed by atoms with Crippen LogP contribution in [0, 0.1) is 0 Å². The normalized spacial score (nSPS) is 15.6. The lowest BCUT2D eigenvalue weighted by molar-refractivity contribution is -0.142. The van der Waals surface area contributed by atoms with Gasteiger partial charge in [-0.1, -0.05) is 0 Å². The molecule has 0 aliphatic rings. The minimum Gasteiger partial charge on any atom is -0.480 e. The second-order valence-corrected chi connectivity index (χ2v) is 7.25. The van der Waals surface area contributed by atoms with E-state index in [1.807, 2.05) is 0 Å². The molecule has 5 atom stereocenters. The van der Waals surface area contributed by atoms with Crippen LogP contribution in [0.2, 0.25) is 0 Å². The summed E-state index contributed by atoms with van der Waals surface area (Å²) in [6.07, 6.45) is -0.359. The molecule has 178 valence electrons. The topological polar surface area (TPSA) is 240 Å². The second-order valence-electron chi connectivity index (χ2n) is 7.25. The lowest BCUT2D eigenvalue weighted by Crippen LogP contribution is -2.57. The predicted molar refractivity (Wildman–Crippen MR) is 110 cm³/mol. The van der Waals surface area contributed by atoms with Gasteiger partial charge in [-0.25, -0.2) is 4.79 Å². The SMILES string of the molecule is CC(NC(=O)C(N)C(C)O)C(=O)NC(CCCCN)C(=O)NC(CCC(N)=O)C(=O)O. The van der Waals surface area contributed by atoms with Gasteiger partial charge in [0.05, 0.1) is 6.10 Å². The van der Waals surface area contributed by atoms with Crippen LogP contribution in [0.5, 0.6) is 0 Å². The summed E-state index contributed by atoms with van der Waals surface area (Å²) >= 11 is 0. The molecule has 4 amide bonds. The van der Waals surface area contributed by atoms with Crippen molar-refractivity contribution in [1.29, 1.82) is 0 Å². The van der Waals surface area contributed by atoms with E-state index in [0.717, 1.165) is 0 Å². The van der Waals surface area contributed by atoms with Crippen LogP contribution < -0.4 is 33.2 Å². The highest BCUT2D eigenvalue weighted by molar-refractivity contribution is 5.94. The van der Waals surface area contributed by atoms with E-state index >= 15 is 0 Å². The number of nitrogens with one attached hydrogen (secondary N) is 3. The number of amides is 4. The Bertz CT molecular complexity index is 643. The summed E-state index contributed by atoms with van der Waals surface area (Å²) in [5.74, 6) is -4.29. The fourth-order valence-electron chi connectivity index (χ4n) is 2.47. The van der Waals surface area contributed by atoms with Crippen LogP contribution in [0.1, 0.15) is 46.0 Å². The van der Waals surface area contributed by atoms with Crippen molar-refractivity contribution >= 4 is 29.6 Å². The lowest BCUT2D eigenvalue weighted by atomic mass is 10.1. The zero-order valence-electron chi connectivity index (χ0n) is 17.8. The minimum absolute atomic E-state index is 0.171. The Morgan fingerprint density at radius 1 is 0.871 bits per heavy atom. The van der Waals surface area contributed by atoms with E-state index in [0.29, 0.717) is 19.4 Å². The van der Waals surface area contributed by atoms with Gasteiger partial charge in [-0.15, -0.1) is 0 Å². The van der Waals surface area contributed by atoms with E-state index in [-0.39, 0.29) is 19.3 Å². The molecule has 0 aromatic carbocycles. The standard InChI is InChI=1S/C18H34N6O7/c1-9(22-17(29)14(21)10(2)25)15(27)23-11(5-3-4-8-19)16(28)24-12(18(30)31)6-7-13(20)26/h9-12,14,25H,3-8,19,21H2,1-2H3,(H2,20,26)(H,22,29)(H,23,27)(H,24,28)(H,30,31). The Morgan fingerprint density at radius 2 is 1.45 bits per heavy atom. The first-order valence-corrected chi connectivity index (χ1v) is 9.96. The quantitative estimate of drug-likeness (QED) is 0.117. The number of hydrogen-bond acceptors (Lipinski definition) is 8. The Balaban J connectivity index is 5.15. The summed E-state index contributed by atoms with van der Waals surface area (Å²) in [6, 6.07) is -4.78. The van der Waals surface area contributed by atoms with Crippen LogP contribution in [-0.2, 0) is 24.0 Å². The van der Waals surface area contributed by atoms with Gasteiger partial charge in [0.1, 0.15) is 24.2 Å². The molecular weight excluding hydrogens is 412 g/mol. The Hall–Kier alpha value is -2.77. The number of carbonyl (C=O) groups is 5. The summed E-state index contributed by atoms with van der Waals surface area (Å²) in [5, 5.41) is 25.7. The summed E-state index contributed by atoms with van der Waals surface area (Å²) in [4.78, 5) is 59.2. The average molecular weight is 447 g/mol. The molecule has 13 heteroatoms. The summed E-state index contributed by atoms with van der Waals surface area (Å²) in [6.45, 7) is 3.05. The van der Waals surface area contributed by atoms with E-state index < -0.39 is 59.9 Å². The van der Waals surface area contributed by atoms with Gasteiger partial charge < -0.3 is 43.4 Å². The number of nitrogens with two attached hydrogens (primary N) is 3. The second kappa shape index (κ2) is 14.3. The molecule has 0 bridgehead atoms. The number of rotatable bonds is 15. The molecule has 0 radical (unpaired) electrons. The maximum absolute atomic E-state index is 12.6. The third-order valence-corrected chi connectivity index (χ3v) is 4.45. The van der Waals surface area contributed by atoms with Crippen LogP contribution in [0.4, 0.5) is 0 Å². The smallest absolute Gasteiger partial charge is 0.326 e. The Kier molecular flexibility index (Phi) is 13.0. The number of aliphatic hydroxyl groups is 1. The maximum atomic E-state index is 12.6. The molecular formula is C18H34N6O7. The highest BCUT2D eigenvalue weighted by Gasteiger charge is 2.29. The predicted octanol–water partition coefficient (Wildman–Crippen LogP) is -3.35. The zero-order valence-corrected chi connectivity index (χ0v) is 17.8. The molecule has 0 heterocycles. The average Bonchev–Trinajstić information content (AvgIpc) is 2.68. The van der Waals surface area contributed by atoms with E-state index in [2.05, 4.69) is 16.0 Å². The number of unbranched alkanes of at least 4 members (excludes halogenated alkanes) is 1. The van der Waals surface area contributed by atoms with E-state index in [9.17, 15) is 34.2 Å². The number of carboxylic acids is 1. The van der Waals surface area contributed by atoms with Crippen molar-refractivity contribution in [2.75, 3.05) is 6.54 Å². The van der Waals surface area contributed by atoms with Gasteiger partial charge in [0.25, 0.3) is 0 Å². The number of aliphatic carboxylic acids is 1. The summed E-state index contributed by atoms with van der Waals surface area (Å²) in [7, 11) is 0. The molecule has 0 aromatic heterocycles. The molecule has 13 nitrogen and oxygen atoms in total. The molecule has 0 aromatic rings. The fraction of sp³-hybridized carbons (Fsp3) is 0.722. The zero-order chi connectivity index (χ0) is 24.1. The lowest BCUT2D eigenvalue weighted by Gasteiger charge is -2.24. The van der Waals surface area contributed by atoms with Crippen molar-refractivity contribution in [2.24, 2.45) is 17.2 Å². The highest BCUT2D eigenvalue weighted by Crippen LogP contribution is 2.05. The first kappa shape index (κ1) is 28.2. The maximum Gasteiger partial charge on any atom is 0.326 e. The number of primary amides is 1. The first-order chi connectivity index (χ1) is 14.4. The van der Waals surface area contributed by atoms with Crippen LogP contribution in [-0.4, -0.2) is 76.6 Å². The fourth-order valence-corrected chi connectivity index (χ4v) is 2.47. The van der Waals surface area contributed by atoms with Gasteiger partial charge in [-0.2, -0.15) is 0 Å². The Morgan fingerprint density at radius 3 is 1.94 bits per heavy atom. The van der Waals surface area contributed by atoms with Crippen molar-refractivity contribution < 1.29 is 34.2 Å². The van der Waals surface area contributed by atoms with Crippen molar-refractivity contribution in [2.45, 2.75) is 76.2 Å². The van der Waals surface area contributed by atoms with Gasteiger partial charge in [0.2, 0.25) is 23.6 Å². The molecule has 0 spiro atoms. The number of hydrogen-bond donors (Lipinski definition) is 8. The molecule has 11 N–H and O–H groups in total. The summed E-state index contributed by atoms with van der Waals surface area (Å²) in [5.41, 5.74) is 16.0. The van der Waals surface area contributed by atoms with Gasteiger partial charge >= 0.3 is 5.97 Å². The largest absolute Gasteiger partial charge is 0.480 e. The number of carbonyl (C=O) groups excluding carboxylic acids is 4. The molecule has 0 rings (SSSR count).